The summed E-state index contributed by atoms with van der Waals surface area (Å²) in [4.78, 5) is 11.4. The summed E-state index contributed by atoms with van der Waals surface area (Å²) in [7, 11) is 1.89. The molecule has 1 aromatic rings. The van der Waals surface area contributed by atoms with Crippen LogP contribution in [0.4, 0.5) is 11.6 Å². The van der Waals surface area contributed by atoms with Crippen molar-refractivity contribution in [3.63, 3.8) is 0 Å². The normalized spacial score (nSPS) is 20.3. The lowest BCUT2D eigenvalue weighted by molar-refractivity contribution is 0.0529. The molecule has 0 bridgehead atoms. The minimum Gasteiger partial charge on any atom is -0.375 e. The first-order valence-corrected chi connectivity index (χ1v) is 6.53. The van der Waals surface area contributed by atoms with Crippen molar-refractivity contribution in [1.82, 2.24) is 9.97 Å². The molecule has 0 amide bonds. The van der Waals surface area contributed by atoms with E-state index in [2.05, 4.69) is 41.0 Å². The Morgan fingerprint density at radius 3 is 2.83 bits per heavy atom. The van der Waals surface area contributed by atoms with Gasteiger partial charge in [-0.3, -0.25) is 0 Å². The van der Waals surface area contributed by atoms with E-state index in [-0.39, 0.29) is 6.10 Å². The second-order valence-corrected chi connectivity index (χ2v) is 5.00. The zero-order valence-corrected chi connectivity index (χ0v) is 11.6. The van der Waals surface area contributed by atoms with Crippen LogP contribution in [-0.2, 0) is 4.74 Å². The fourth-order valence-electron chi connectivity index (χ4n) is 2.03. The Morgan fingerprint density at radius 1 is 1.44 bits per heavy atom. The van der Waals surface area contributed by atoms with Crippen molar-refractivity contribution >= 4 is 11.6 Å². The number of hydrogen-bond acceptors (Lipinski definition) is 5. The smallest absolute Gasteiger partial charge is 0.135 e. The zero-order valence-electron chi connectivity index (χ0n) is 11.6. The van der Waals surface area contributed by atoms with Crippen molar-refractivity contribution in [3.8, 4) is 0 Å². The number of ether oxygens (including phenoxy) is 1. The van der Waals surface area contributed by atoms with E-state index in [0.717, 1.165) is 37.2 Å². The molecule has 0 radical (unpaired) electrons. The van der Waals surface area contributed by atoms with Crippen molar-refractivity contribution in [3.05, 3.63) is 11.9 Å². The minimum atomic E-state index is 0.259. The molecule has 18 heavy (non-hydrogen) atoms. The zero-order chi connectivity index (χ0) is 13.1. The molecule has 1 N–H and O–H groups in total. The van der Waals surface area contributed by atoms with Crippen LogP contribution in [0.1, 0.15) is 32.5 Å². The molecule has 1 unspecified atom stereocenters. The predicted molar refractivity (Wildman–Crippen MR) is 73.3 cm³/mol. The van der Waals surface area contributed by atoms with Crippen LogP contribution in [0.15, 0.2) is 6.07 Å². The van der Waals surface area contributed by atoms with Gasteiger partial charge < -0.3 is 15.0 Å². The summed E-state index contributed by atoms with van der Waals surface area (Å²) in [6.07, 6.45) is 0.259. The molecule has 1 aromatic heterocycles. The van der Waals surface area contributed by atoms with Crippen LogP contribution in [0, 0.1) is 0 Å². The molecule has 1 aliphatic rings. The molecule has 5 nitrogen and oxygen atoms in total. The summed E-state index contributed by atoms with van der Waals surface area (Å²) in [6, 6.07) is 2.00. The van der Waals surface area contributed by atoms with Crippen LogP contribution in [-0.4, -0.2) is 42.8 Å². The number of anilines is 2. The molecule has 2 rings (SSSR count). The van der Waals surface area contributed by atoms with Crippen molar-refractivity contribution in [2.45, 2.75) is 32.8 Å². The number of rotatable bonds is 3. The maximum atomic E-state index is 5.56. The van der Waals surface area contributed by atoms with Gasteiger partial charge in [0.1, 0.15) is 17.5 Å². The van der Waals surface area contributed by atoms with E-state index in [1.165, 1.54) is 0 Å². The Balaban J connectivity index is 2.28. The van der Waals surface area contributed by atoms with Crippen molar-refractivity contribution in [1.29, 1.82) is 0 Å². The topological polar surface area (TPSA) is 50.3 Å². The van der Waals surface area contributed by atoms with E-state index < -0.39 is 0 Å². The van der Waals surface area contributed by atoms with Crippen LogP contribution in [0.3, 0.4) is 0 Å². The standard InChI is InChI=1S/C13H22N4O/c1-9(2)13-15-11(14-4)7-12(16-13)17-5-6-18-10(3)8-17/h7,9-10H,5-6,8H2,1-4H3,(H,14,15,16). The van der Waals surface area contributed by atoms with E-state index in [4.69, 9.17) is 4.74 Å². The molecule has 0 aliphatic carbocycles. The van der Waals surface area contributed by atoms with E-state index in [1.807, 2.05) is 13.1 Å². The first-order valence-electron chi connectivity index (χ1n) is 6.53. The average Bonchev–Trinajstić information content (AvgIpc) is 2.38. The summed E-state index contributed by atoms with van der Waals surface area (Å²) >= 11 is 0. The number of aromatic nitrogens is 2. The first kappa shape index (κ1) is 13.1. The first-order chi connectivity index (χ1) is 8.60. The third-order valence-corrected chi connectivity index (χ3v) is 3.07. The Hall–Kier alpha value is -1.36. The highest BCUT2D eigenvalue weighted by Gasteiger charge is 2.19. The van der Waals surface area contributed by atoms with Gasteiger partial charge in [-0.2, -0.15) is 0 Å². The van der Waals surface area contributed by atoms with Gasteiger partial charge in [0.2, 0.25) is 0 Å². The van der Waals surface area contributed by atoms with Gasteiger partial charge in [0.15, 0.2) is 0 Å². The molecule has 2 heterocycles. The van der Waals surface area contributed by atoms with Crippen LogP contribution in [0.2, 0.25) is 0 Å². The van der Waals surface area contributed by atoms with Gasteiger partial charge in [-0.1, -0.05) is 13.8 Å². The van der Waals surface area contributed by atoms with E-state index in [0.29, 0.717) is 5.92 Å². The fraction of sp³-hybridized carbons (Fsp3) is 0.692. The predicted octanol–water partition coefficient (Wildman–Crippen LogP) is 1.87. The minimum absolute atomic E-state index is 0.259. The molecule has 100 valence electrons. The Bertz CT molecular complexity index is 408. The lowest BCUT2D eigenvalue weighted by atomic mass is 10.2. The van der Waals surface area contributed by atoms with Crippen LogP contribution in [0.25, 0.3) is 0 Å². The van der Waals surface area contributed by atoms with Gasteiger partial charge in [0.25, 0.3) is 0 Å². The SMILES string of the molecule is CNc1cc(N2CCOC(C)C2)nc(C(C)C)n1. The van der Waals surface area contributed by atoms with Crippen molar-refractivity contribution in [2.75, 3.05) is 37.0 Å². The fourth-order valence-corrected chi connectivity index (χ4v) is 2.03. The van der Waals surface area contributed by atoms with E-state index >= 15 is 0 Å². The molecule has 5 heteroatoms. The largest absolute Gasteiger partial charge is 0.375 e. The van der Waals surface area contributed by atoms with Crippen molar-refractivity contribution in [2.24, 2.45) is 0 Å². The Labute approximate surface area is 109 Å². The van der Waals surface area contributed by atoms with Gasteiger partial charge >= 0.3 is 0 Å². The highest BCUT2D eigenvalue weighted by atomic mass is 16.5. The maximum absolute atomic E-state index is 5.56. The molecule has 0 spiro atoms. The summed E-state index contributed by atoms with van der Waals surface area (Å²) < 4.78 is 5.56. The Morgan fingerprint density at radius 2 is 2.22 bits per heavy atom. The van der Waals surface area contributed by atoms with E-state index in [1.54, 1.807) is 0 Å². The number of morpholine rings is 1. The molecule has 0 aromatic carbocycles. The number of hydrogen-bond donors (Lipinski definition) is 1. The molecule has 1 aliphatic heterocycles. The monoisotopic (exact) mass is 250 g/mol. The van der Waals surface area contributed by atoms with Crippen LogP contribution < -0.4 is 10.2 Å². The summed E-state index contributed by atoms with van der Waals surface area (Å²) in [6.45, 7) is 8.85. The lowest BCUT2D eigenvalue weighted by Crippen LogP contribution is -2.41. The number of nitrogens with zero attached hydrogens (tertiary/aromatic N) is 3. The van der Waals surface area contributed by atoms with Crippen molar-refractivity contribution < 1.29 is 4.74 Å². The summed E-state index contributed by atoms with van der Waals surface area (Å²) in [5.41, 5.74) is 0. The van der Waals surface area contributed by atoms with Gasteiger partial charge in [-0.25, -0.2) is 9.97 Å². The highest BCUT2D eigenvalue weighted by Crippen LogP contribution is 2.21. The van der Waals surface area contributed by atoms with Gasteiger partial charge in [-0.15, -0.1) is 0 Å². The van der Waals surface area contributed by atoms with Crippen LogP contribution >= 0.6 is 0 Å². The van der Waals surface area contributed by atoms with Gasteiger partial charge in [-0.05, 0) is 6.92 Å². The molecular weight excluding hydrogens is 228 g/mol. The molecule has 1 fully saturated rings. The van der Waals surface area contributed by atoms with Crippen LogP contribution in [0.5, 0.6) is 0 Å². The third-order valence-electron chi connectivity index (χ3n) is 3.07. The summed E-state index contributed by atoms with van der Waals surface area (Å²) in [5.74, 6) is 3.09. The summed E-state index contributed by atoms with van der Waals surface area (Å²) in [5, 5.41) is 3.10. The maximum Gasteiger partial charge on any atom is 0.135 e. The quantitative estimate of drug-likeness (QED) is 0.887. The molecular formula is C13H22N4O. The average molecular weight is 250 g/mol. The molecule has 1 saturated heterocycles. The highest BCUT2D eigenvalue weighted by molar-refractivity contribution is 5.49. The number of nitrogens with one attached hydrogen (secondary N) is 1. The second-order valence-electron chi connectivity index (χ2n) is 5.00. The third kappa shape index (κ3) is 2.90. The second kappa shape index (κ2) is 5.52. The molecule has 0 saturated carbocycles. The molecule has 1 atom stereocenters. The van der Waals surface area contributed by atoms with Gasteiger partial charge in [0.05, 0.1) is 12.7 Å². The van der Waals surface area contributed by atoms with E-state index in [9.17, 15) is 0 Å². The van der Waals surface area contributed by atoms with Gasteiger partial charge in [0, 0.05) is 32.1 Å². The lowest BCUT2D eigenvalue weighted by Gasteiger charge is -2.32. The Kier molecular flexibility index (Phi) is 4.01.